The Morgan fingerprint density at radius 2 is 1.89 bits per heavy atom. The van der Waals surface area contributed by atoms with Crippen molar-refractivity contribution in [3.05, 3.63) is 65.7 Å². The third-order valence-electron chi connectivity index (χ3n) is 4.31. The average Bonchev–Trinajstić information content (AvgIpc) is 3.37. The molecular formula is C20H19N5OS. The second-order valence-corrected chi connectivity index (χ2v) is 7.24. The molecule has 0 aliphatic carbocycles. The van der Waals surface area contributed by atoms with E-state index in [1.54, 1.807) is 5.01 Å². The Morgan fingerprint density at radius 1 is 1.11 bits per heavy atom. The molecule has 1 aliphatic rings. The van der Waals surface area contributed by atoms with Gasteiger partial charge in [-0.15, -0.1) is 5.10 Å². The summed E-state index contributed by atoms with van der Waals surface area (Å²) in [6.07, 6.45) is 0.776. The molecule has 0 saturated heterocycles. The smallest absolute Gasteiger partial charge is 0.253 e. The van der Waals surface area contributed by atoms with Gasteiger partial charge in [-0.05, 0) is 12.5 Å². The molecule has 0 unspecified atom stereocenters. The Balaban J connectivity index is 1.36. The van der Waals surface area contributed by atoms with E-state index in [2.05, 4.69) is 20.3 Å². The summed E-state index contributed by atoms with van der Waals surface area (Å²) >= 11 is 1.32. The summed E-state index contributed by atoms with van der Waals surface area (Å²) < 4.78 is 0. The lowest BCUT2D eigenvalue weighted by Gasteiger charge is -2.09. The molecule has 1 aliphatic heterocycles. The number of hydrogen-bond donors (Lipinski definition) is 1. The van der Waals surface area contributed by atoms with Crippen LogP contribution in [-0.4, -0.2) is 44.1 Å². The Morgan fingerprint density at radius 3 is 2.67 bits per heavy atom. The second-order valence-electron chi connectivity index (χ2n) is 6.30. The highest BCUT2D eigenvalue weighted by molar-refractivity contribution is 7.99. The van der Waals surface area contributed by atoms with E-state index < -0.39 is 0 Å². The second kappa shape index (κ2) is 7.75. The van der Waals surface area contributed by atoms with Crippen molar-refractivity contribution >= 4 is 23.4 Å². The molecular weight excluding hydrogens is 358 g/mol. The zero-order chi connectivity index (χ0) is 18.6. The van der Waals surface area contributed by atoms with Crippen LogP contribution in [-0.2, 0) is 4.79 Å². The van der Waals surface area contributed by atoms with Crippen molar-refractivity contribution in [2.24, 2.45) is 5.10 Å². The van der Waals surface area contributed by atoms with Gasteiger partial charge in [0.2, 0.25) is 5.16 Å². The fourth-order valence-electron chi connectivity index (χ4n) is 2.82. The topological polar surface area (TPSA) is 74.2 Å². The summed E-state index contributed by atoms with van der Waals surface area (Å²) in [5.41, 5.74) is 4.19. The third-order valence-corrected chi connectivity index (χ3v) is 5.14. The lowest BCUT2D eigenvalue weighted by atomic mass is 10.1. The first kappa shape index (κ1) is 17.5. The predicted molar refractivity (Wildman–Crippen MR) is 107 cm³/mol. The number of H-pyrrole nitrogens is 1. The van der Waals surface area contributed by atoms with Gasteiger partial charge in [-0.3, -0.25) is 9.89 Å². The van der Waals surface area contributed by atoms with E-state index >= 15 is 0 Å². The van der Waals surface area contributed by atoms with Gasteiger partial charge in [-0.1, -0.05) is 71.9 Å². The molecule has 0 saturated carbocycles. The molecule has 4 rings (SSSR count). The number of benzene rings is 2. The molecule has 2 heterocycles. The van der Waals surface area contributed by atoms with Crippen LogP contribution < -0.4 is 0 Å². The summed E-state index contributed by atoms with van der Waals surface area (Å²) in [5, 5.41) is 13.7. The number of hydrogen-bond acceptors (Lipinski definition) is 5. The van der Waals surface area contributed by atoms with Gasteiger partial charge >= 0.3 is 0 Å². The highest BCUT2D eigenvalue weighted by atomic mass is 32.2. The molecule has 0 atom stereocenters. The van der Waals surface area contributed by atoms with Crippen molar-refractivity contribution in [2.45, 2.75) is 18.5 Å². The molecule has 0 radical (unpaired) electrons. The van der Waals surface area contributed by atoms with Crippen molar-refractivity contribution < 1.29 is 4.79 Å². The largest absolute Gasteiger partial charge is 0.272 e. The number of hydrazone groups is 1. The molecule has 27 heavy (non-hydrogen) atoms. The van der Waals surface area contributed by atoms with Crippen LogP contribution in [0.15, 0.2) is 64.9 Å². The van der Waals surface area contributed by atoms with Gasteiger partial charge in [0.1, 0.15) is 0 Å². The first-order chi connectivity index (χ1) is 13.2. The summed E-state index contributed by atoms with van der Waals surface area (Å²) in [5.74, 6) is 0.930. The van der Waals surface area contributed by atoms with Gasteiger partial charge in [-0.2, -0.15) is 5.10 Å². The minimum atomic E-state index is -0.0346. The van der Waals surface area contributed by atoms with Crippen LogP contribution in [0.2, 0.25) is 0 Å². The maximum atomic E-state index is 12.4. The molecule has 136 valence electrons. The third kappa shape index (κ3) is 4.09. The molecule has 6 nitrogen and oxygen atoms in total. The molecule has 7 heteroatoms. The van der Waals surface area contributed by atoms with Gasteiger partial charge in [0.25, 0.3) is 5.91 Å². The van der Waals surface area contributed by atoms with Gasteiger partial charge < -0.3 is 0 Å². The minimum absolute atomic E-state index is 0.0346. The standard InChI is InChI=1S/C20H19N5OS/c1-14-7-9-16(10-8-14)19-21-20(23-22-19)27-13-18(26)25-12-11-17(24-25)15-5-3-2-4-6-15/h2-10H,11-13H2,1H3,(H,21,22,23). The number of nitrogens with one attached hydrogen (secondary N) is 1. The van der Waals surface area contributed by atoms with E-state index in [1.807, 2.05) is 61.5 Å². The highest BCUT2D eigenvalue weighted by Crippen LogP contribution is 2.21. The number of carbonyl (C=O) groups excluding carboxylic acids is 1. The molecule has 1 aromatic heterocycles. The molecule has 2 aromatic carbocycles. The van der Waals surface area contributed by atoms with Crippen LogP contribution in [0.3, 0.4) is 0 Å². The van der Waals surface area contributed by atoms with Crippen LogP contribution in [0, 0.1) is 6.92 Å². The Hall–Kier alpha value is -2.93. The molecule has 3 aromatic rings. The predicted octanol–water partition coefficient (Wildman–Crippen LogP) is 3.51. The van der Waals surface area contributed by atoms with Gasteiger partial charge in [0.05, 0.1) is 18.0 Å². The zero-order valence-corrected chi connectivity index (χ0v) is 15.7. The quantitative estimate of drug-likeness (QED) is 0.691. The summed E-state index contributed by atoms with van der Waals surface area (Å²) in [6.45, 7) is 2.66. The number of aromatic amines is 1. The maximum Gasteiger partial charge on any atom is 0.253 e. The zero-order valence-electron chi connectivity index (χ0n) is 14.9. The van der Waals surface area contributed by atoms with E-state index in [0.717, 1.165) is 23.3 Å². The Kier molecular flexibility index (Phi) is 5.02. The van der Waals surface area contributed by atoms with Crippen molar-refractivity contribution in [3.63, 3.8) is 0 Å². The normalized spacial score (nSPS) is 13.7. The molecule has 0 spiro atoms. The monoisotopic (exact) mass is 377 g/mol. The van der Waals surface area contributed by atoms with Crippen LogP contribution >= 0.6 is 11.8 Å². The van der Waals surface area contributed by atoms with Gasteiger partial charge in [-0.25, -0.2) is 9.99 Å². The van der Waals surface area contributed by atoms with E-state index in [9.17, 15) is 4.79 Å². The van der Waals surface area contributed by atoms with Crippen LogP contribution in [0.5, 0.6) is 0 Å². The van der Waals surface area contributed by atoms with E-state index in [0.29, 0.717) is 17.5 Å². The number of rotatable bonds is 5. The van der Waals surface area contributed by atoms with Crippen LogP contribution in [0.25, 0.3) is 11.4 Å². The van der Waals surface area contributed by atoms with Crippen molar-refractivity contribution in [3.8, 4) is 11.4 Å². The number of thioether (sulfide) groups is 1. The Labute approximate surface area is 161 Å². The number of aryl methyl sites for hydroxylation is 1. The van der Waals surface area contributed by atoms with Crippen molar-refractivity contribution in [2.75, 3.05) is 12.3 Å². The fourth-order valence-corrected chi connectivity index (χ4v) is 3.49. The summed E-state index contributed by atoms with van der Waals surface area (Å²) in [4.78, 5) is 16.9. The van der Waals surface area contributed by atoms with E-state index in [1.165, 1.54) is 17.3 Å². The number of aromatic nitrogens is 3. The van der Waals surface area contributed by atoms with Crippen LogP contribution in [0.4, 0.5) is 0 Å². The fraction of sp³-hybridized carbons (Fsp3) is 0.200. The van der Waals surface area contributed by atoms with Gasteiger partial charge in [0.15, 0.2) is 5.82 Å². The number of carbonyl (C=O) groups is 1. The number of nitrogens with zero attached hydrogens (tertiary/aromatic N) is 4. The summed E-state index contributed by atoms with van der Waals surface area (Å²) in [7, 11) is 0. The molecule has 1 amide bonds. The summed E-state index contributed by atoms with van der Waals surface area (Å²) in [6, 6.07) is 18.0. The maximum absolute atomic E-state index is 12.4. The first-order valence-electron chi connectivity index (χ1n) is 8.74. The van der Waals surface area contributed by atoms with E-state index in [4.69, 9.17) is 0 Å². The lowest BCUT2D eigenvalue weighted by Crippen LogP contribution is -2.25. The molecule has 1 N–H and O–H groups in total. The van der Waals surface area contributed by atoms with Gasteiger partial charge in [0, 0.05) is 12.0 Å². The minimum Gasteiger partial charge on any atom is -0.272 e. The number of amides is 1. The first-order valence-corrected chi connectivity index (χ1v) is 9.73. The highest BCUT2D eigenvalue weighted by Gasteiger charge is 2.22. The average molecular weight is 377 g/mol. The van der Waals surface area contributed by atoms with Crippen molar-refractivity contribution in [1.82, 2.24) is 20.2 Å². The van der Waals surface area contributed by atoms with E-state index in [-0.39, 0.29) is 11.7 Å². The SMILES string of the molecule is Cc1ccc(-c2nc(SCC(=O)N3CCC(c4ccccc4)=N3)n[nH]2)cc1. The molecule has 0 fully saturated rings. The lowest BCUT2D eigenvalue weighted by molar-refractivity contribution is -0.127. The Bertz CT molecular complexity index is 966. The van der Waals surface area contributed by atoms with Crippen LogP contribution in [0.1, 0.15) is 17.5 Å². The van der Waals surface area contributed by atoms with Crippen molar-refractivity contribution in [1.29, 1.82) is 0 Å². The molecule has 0 bridgehead atoms.